The Morgan fingerprint density at radius 3 is 2.10 bits per heavy atom. The van der Waals surface area contributed by atoms with Crippen molar-refractivity contribution in [2.45, 2.75) is 30.4 Å². The van der Waals surface area contributed by atoms with E-state index in [0.717, 1.165) is 12.1 Å². The number of anilines is 1. The molecule has 0 atom stereocenters. The molecule has 8 heteroatoms. The van der Waals surface area contributed by atoms with Gasteiger partial charge < -0.3 is 5.73 Å². The molecule has 0 fully saturated rings. The number of benzene rings is 1. The lowest BCUT2D eigenvalue weighted by Gasteiger charge is -2.19. The van der Waals surface area contributed by atoms with Crippen LogP contribution in [0.3, 0.4) is 0 Å². The molecule has 1 aromatic carbocycles. The second-order valence-electron chi connectivity index (χ2n) is 5.44. The van der Waals surface area contributed by atoms with Gasteiger partial charge in [-0.05, 0) is 39.0 Å². The van der Waals surface area contributed by atoms with Gasteiger partial charge in [0.2, 0.25) is 0 Å². The zero-order valence-corrected chi connectivity index (χ0v) is 13.2. The predicted octanol–water partition coefficient (Wildman–Crippen LogP) is 1.39. The lowest BCUT2D eigenvalue weighted by atomic mass is 10.3. The minimum absolute atomic E-state index is 0.101. The normalized spacial score (nSPS) is 13.4. The number of hydrogen-bond acceptors (Lipinski definition) is 5. The van der Waals surface area contributed by atoms with Crippen LogP contribution in [0, 0.1) is 5.82 Å². The first-order valence-electron chi connectivity index (χ1n) is 5.87. The van der Waals surface area contributed by atoms with Crippen molar-refractivity contribution >= 4 is 25.4 Å². The molecule has 5 nitrogen and oxygen atoms in total. The zero-order chi connectivity index (χ0) is 15.8. The highest BCUT2D eigenvalue weighted by atomic mass is 32.2. The smallest absolute Gasteiger partial charge is 0.182 e. The maximum absolute atomic E-state index is 13.6. The van der Waals surface area contributed by atoms with Crippen LogP contribution in [0.15, 0.2) is 23.1 Å². The first kappa shape index (κ1) is 16.9. The summed E-state index contributed by atoms with van der Waals surface area (Å²) >= 11 is 0. The Morgan fingerprint density at radius 1 is 1.10 bits per heavy atom. The summed E-state index contributed by atoms with van der Waals surface area (Å²) in [5, 5.41) is 0. The van der Waals surface area contributed by atoms with E-state index in [1.54, 1.807) is 0 Å². The van der Waals surface area contributed by atoms with Crippen LogP contribution in [0.4, 0.5) is 10.1 Å². The van der Waals surface area contributed by atoms with E-state index in [1.165, 1.54) is 26.8 Å². The Hall–Kier alpha value is -1.15. The minimum atomic E-state index is -4.01. The topological polar surface area (TPSA) is 94.3 Å². The standard InChI is InChI=1S/C12H18FNO4S2/c1-12(2,3)20(17,18)7-6-19(15,16)11-5-4-9(14)8-10(11)13/h4-5,8H,6-7,14H2,1-3H3. The van der Waals surface area contributed by atoms with Gasteiger partial charge in [0.25, 0.3) is 0 Å². The highest BCUT2D eigenvalue weighted by Gasteiger charge is 2.31. The highest BCUT2D eigenvalue weighted by molar-refractivity contribution is 7.95. The SMILES string of the molecule is CC(C)(C)S(=O)(=O)CCS(=O)(=O)c1ccc(N)cc1F. The van der Waals surface area contributed by atoms with E-state index in [9.17, 15) is 21.2 Å². The van der Waals surface area contributed by atoms with Crippen molar-refractivity contribution in [2.24, 2.45) is 0 Å². The van der Waals surface area contributed by atoms with Crippen molar-refractivity contribution in [3.05, 3.63) is 24.0 Å². The number of halogens is 1. The zero-order valence-electron chi connectivity index (χ0n) is 11.6. The minimum Gasteiger partial charge on any atom is -0.399 e. The molecule has 0 saturated carbocycles. The third-order valence-electron chi connectivity index (χ3n) is 2.84. The van der Waals surface area contributed by atoms with Crippen molar-refractivity contribution in [3.8, 4) is 0 Å². The van der Waals surface area contributed by atoms with Crippen molar-refractivity contribution in [1.29, 1.82) is 0 Å². The van der Waals surface area contributed by atoms with E-state index in [4.69, 9.17) is 5.73 Å². The summed E-state index contributed by atoms with van der Waals surface area (Å²) in [7, 11) is -7.60. The summed E-state index contributed by atoms with van der Waals surface area (Å²) in [6.45, 7) is 4.45. The van der Waals surface area contributed by atoms with Crippen molar-refractivity contribution < 1.29 is 21.2 Å². The maximum Gasteiger partial charge on any atom is 0.182 e. The third-order valence-corrected chi connectivity index (χ3v) is 7.45. The summed E-state index contributed by atoms with van der Waals surface area (Å²) in [4.78, 5) is -0.532. The van der Waals surface area contributed by atoms with E-state index in [0.29, 0.717) is 0 Å². The fraction of sp³-hybridized carbons (Fsp3) is 0.500. The molecule has 1 aromatic rings. The van der Waals surface area contributed by atoms with Gasteiger partial charge in [-0.25, -0.2) is 21.2 Å². The lowest BCUT2D eigenvalue weighted by Crippen LogP contribution is -2.33. The number of nitrogen functional groups attached to an aromatic ring is 1. The monoisotopic (exact) mass is 323 g/mol. The maximum atomic E-state index is 13.6. The van der Waals surface area contributed by atoms with E-state index < -0.39 is 46.6 Å². The largest absolute Gasteiger partial charge is 0.399 e. The van der Waals surface area contributed by atoms with Gasteiger partial charge in [0, 0.05) is 5.69 Å². The Labute approximate surface area is 118 Å². The van der Waals surface area contributed by atoms with Gasteiger partial charge in [-0.2, -0.15) is 0 Å². The van der Waals surface area contributed by atoms with Crippen LogP contribution in [0.2, 0.25) is 0 Å². The molecule has 0 radical (unpaired) electrons. The molecule has 0 aliphatic heterocycles. The average Bonchev–Trinajstić information content (AvgIpc) is 2.24. The Bertz CT molecular complexity index is 703. The average molecular weight is 323 g/mol. The van der Waals surface area contributed by atoms with Gasteiger partial charge in [0.15, 0.2) is 19.7 Å². The van der Waals surface area contributed by atoms with Crippen LogP contribution >= 0.6 is 0 Å². The predicted molar refractivity (Wildman–Crippen MR) is 76.4 cm³/mol. The van der Waals surface area contributed by atoms with Gasteiger partial charge in [-0.3, -0.25) is 0 Å². The second-order valence-corrected chi connectivity index (χ2v) is 10.4. The van der Waals surface area contributed by atoms with E-state index in [2.05, 4.69) is 0 Å². The van der Waals surface area contributed by atoms with Gasteiger partial charge >= 0.3 is 0 Å². The molecule has 20 heavy (non-hydrogen) atoms. The Morgan fingerprint density at radius 2 is 1.65 bits per heavy atom. The summed E-state index contributed by atoms with van der Waals surface area (Å²) in [5.41, 5.74) is 5.44. The number of hydrogen-bond donors (Lipinski definition) is 1. The van der Waals surface area contributed by atoms with Crippen LogP contribution in [-0.2, 0) is 19.7 Å². The molecule has 2 N–H and O–H groups in total. The molecule has 0 bridgehead atoms. The fourth-order valence-electron chi connectivity index (χ4n) is 1.40. The molecular formula is C12H18FNO4S2. The molecule has 114 valence electrons. The van der Waals surface area contributed by atoms with Gasteiger partial charge in [0.05, 0.1) is 16.3 Å². The Kier molecular flexibility index (Phi) is 4.50. The van der Waals surface area contributed by atoms with Crippen LogP contribution in [0.1, 0.15) is 20.8 Å². The van der Waals surface area contributed by atoms with Gasteiger partial charge in [0.1, 0.15) is 10.7 Å². The van der Waals surface area contributed by atoms with Crippen LogP contribution in [0.25, 0.3) is 0 Å². The molecule has 0 unspecified atom stereocenters. The molecule has 0 heterocycles. The van der Waals surface area contributed by atoms with Crippen LogP contribution in [0.5, 0.6) is 0 Å². The lowest BCUT2D eigenvalue weighted by molar-refractivity contribution is 0.556. The van der Waals surface area contributed by atoms with Crippen molar-refractivity contribution in [3.63, 3.8) is 0 Å². The summed E-state index contributed by atoms with van der Waals surface area (Å²) < 4.78 is 60.3. The Balaban J connectivity index is 3.03. The number of nitrogens with two attached hydrogens (primary N) is 1. The number of rotatable bonds is 4. The second kappa shape index (κ2) is 5.33. The first-order valence-corrected chi connectivity index (χ1v) is 9.17. The third kappa shape index (κ3) is 3.69. The molecule has 0 aliphatic rings. The quantitative estimate of drug-likeness (QED) is 0.845. The summed E-state index contributed by atoms with van der Waals surface area (Å²) in [6, 6.07) is 3.20. The van der Waals surface area contributed by atoms with E-state index >= 15 is 0 Å². The van der Waals surface area contributed by atoms with Gasteiger partial charge in [-0.15, -0.1) is 0 Å². The molecule has 0 aliphatic carbocycles. The van der Waals surface area contributed by atoms with Crippen molar-refractivity contribution in [2.75, 3.05) is 17.2 Å². The molecule has 0 saturated heterocycles. The molecule has 0 aromatic heterocycles. The van der Waals surface area contributed by atoms with Gasteiger partial charge in [-0.1, -0.05) is 0 Å². The summed E-state index contributed by atoms with van der Waals surface area (Å²) in [6.07, 6.45) is 0. The highest BCUT2D eigenvalue weighted by Crippen LogP contribution is 2.21. The molecule has 0 spiro atoms. The van der Waals surface area contributed by atoms with Crippen LogP contribution in [-0.4, -0.2) is 33.1 Å². The summed E-state index contributed by atoms with van der Waals surface area (Å²) in [5.74, 6) is -2.19. The van der Waals surface area contributed by atoms with Crippen molar-refractivity contribution in [1.82, 2.24) is 0 Å². The molecular weight excluding hydrogens is 305 g/mol. The molecule has 0 amide bonds. The molecule has 1 rings (SSSR count). The van der Waals surface area contributed by atoms with E-state index in [-0.39, 0.29) is 5.69 Å². The first-order chi connectivity index (χ1) is 8.87. The fourth-order valence-corrected chi connectivity index (χ4v) is 4.62. The number of sulfone groups is 2. The van der Waals surface area contributed by atoms with E-state index in [1.807, 2.05) is 0 Å². The van der Waals surface area contributed by atoms with Crippen LogP contribution < -0.4 is 5.73 Å².